The molecule has 2 rings (SSSR count). The minimum atomic E-state index is -0.566. The number of benzene rings is 2. The molecule has 0 heterocycles. The number of nitrogens with zero attached hydrogens (tertiary/aromatic N) is 1. The first kappa shape index (κ1) is 16.6. The van der Waals surface area contributed by atoms with Crippen molar-refractivity contribution in [2.24, 2.45) is 0 Å². The van der Waals surface area contributed by atoms with Crippen molar-refractivity contribution in [3.63, 3.8) is 0 Å². The highest BCUT2D eigenvalue weighted by Crippen LogP contribution is 2.27. The summed E-state index contributed by atoms with van der Waals surface area (Å²) in [7, 11) is 1.43. The van der Waals surface area contributed by atoms with Crippen molar-refractivity contribution in [2.45, 2.75) is 0 Å². The van der Waals surface area contributed by atoms with E-state index in [0.29, 0.717) is 22.7 Å². The average Bonchev–Trinajstić information content (AvgIpc) is 2.56. The van der Waals surface area contributed by atoms with Crippen LogP contribution in [-0.4, -0.2) is 19.6 Å². The van der Waals surface area contributed by atoms with Crippen LogP contribution in [0, 0.1) is 17.1 Å². The van der Waals surface area contributed by atoms with Crippen LogP contribution in [0.1, 0.15) is 5.56 Å². The summed E-state index contributed by atoms with van der Waals surface area (Å²) >= 11 is 5.64. The van der Waals surface area contributed by atoms with Gasteiger partial charge < -0.3 is 14.8 Å². The van der Waals surface area contributed by atoms with Gasteiger partial charge in [-0.2, -0.15) is 5.26 Å². The van der Waals surface area contributed by atoms with Gasteiger partial charge in [-0.15, -0.1) is 0 Å². The number of hydrogen-bond donors (Lipinski definition) is 1. The molecule has 5 nitrogen and oxygen atoms in total. The van der Waals surface area contributed by atoms with Gasteiger partial charge in [0.05, 0.1) is 23.8 Å². The molecular formula is C16H12ClFN2O3. The summed E-state index contributed by atoms with van der Waals surface area (Å²) < 4.78 is 23.5. The molecule has 118 valence electrons. The van der Waals surface area contributed by atoms with Crippen LogP contribution in [0.25, 0.3) is 0 Å². The van der Waals surface area contributed by atoms with Crippen molar-refractivity contribution < 1.29 is 18.7 Å². The third-order valence-electron chi connectivity index (χ3n) is 2.85. The number of ether oxygens (including phenoxy) is 2. The van der Waals surface area contributed by atoms with Crippen molar-refractivity contribution in [3.05, 3.63) is 52.8 Å². The van der Waals surface area contributed by atoms with E-state index >= 15 is 0 Å². The summed E-state index contributed by atoms with van der Waals surface area (Å²) in [6.07, 6.45) is 0. The Hall–Kier alpha value is -2.78. The molecule has 0 spiro atoms. The fourth-order valence-corrected chi connectivity index (χ4v) is 1.95. The Morgan fingerprint density at radius 2 is 2.09 bits per heavy atom. The smallest absolute Gasteiger partial charge is 0.262 e. The van der Waals surface area contributed by atoms with E-state index in [9.17, 15) is 9.18 Å². The molecule has 0 atom stereocenters. The summed E-state index contributed by atoms with van der Waals surface area (Å²) in [5.74, 6) is -0.331. The summed E-state index contributed by atoms with van der Waals surface area (Å²) in [6.45, 7) is -0.281. The van der Waals surface area contributed by atoms with E-state index in [-0.39, 0.29) is 11.6 Å². The number of methoxy groups -OCH3 is 1. The monoisotopic (exact) mass is 334 g/mol. The van der Waals surface area contributed by atoms with Crippen LogP contribution in [0.2, 0.25) is 5.02 Å². The van der Waals surface area contributed by atoms with Gasteiger partial charge in [0.2, 0.25) is 0 Å². The van der Waals surface area contributed by atoms with Crippen molar-refractivity contribution in [1.29, 1.82) is 5.26 Å². The van der Waals surface area contributed by atoms with E-state index in [1.54, 1.807) is 12.1 Å². The predicted molar refractivity (Wildman–Crippen MR) is 83.2 cm³/mol. The van der Waals surface area contributed by atoms with Crippen LogP contribution in [0.3, 0.4) is 0 Å². The SMILES string of the molecule is COc1cc(C#N)ccc1OCC(=O)Nc1ccc(F)c(Cl)c1. The molecule has 0 bridgehead atoms. The van der Waals surface area contributed by atoms with Gasteiger partial charge in [-0.3, -0.25) is 4.79 Å². The first-order valence-electron chi connectivity index (χ1n) is 6.49. The molecule has 0 aromatic heterocycles. The normalized spacial score (nSPS) is 9.83. The third kappa shape index (κ3) is 4.34. The van der Waals surface area contributed by atoms with Crippen LogP contribution in [0.15, 0.2) is 36.4 Å². The third-order valence-corrected chi connectivity index (χ3v) is 3.14. The molecule has 2 aromatic carbocycles. The van der Waals surface area contributed by atoms with Crippen LogP contribution in [-0.2, 0) is 4.79 Å². The van der Waals surface area contributed by atoms with Gasteiger partial charge >= 0.3 is 0 Å². The zero-order chi connectivity index (χ0) is 16.8. The van der Waals surface area contributed by atoms with Crippen molar-refractivity contribution >= 4 is 23.2 Å². The molecule has 0 aliphatic rings. The lowest BCUT2D eigenvalue weighted by molar-refractivity contribution is -0.118. The Balaban J connectivity index is 1.99. The van der Waals surface area contributed by atoms with Gasteiger partial charge in [-0.25, -0.2) is 4.39 Å². The Kier molecular flexibility index (Phi) is 5.39. The quantitative estimate of drug-likeness (QED) is 0.910. The second-order valence-corrected chi connectivity index (χ2v) is 4.85. The van der Waals surface area contributed by atoms with Gasteiger partial charge in [-0.05, 0) is 30.3 Å². The lowest BCUT2D eigenvalue weighted by Gasteiger charge is -2.11. The van der Waals surface area contributed by atoms with E-state index in [4.69, 9.17) is 26.3 Å². The lowest BCUT2D eigenvalue weighted by atomic mass is 10.2. The first-order chi connectivity index (χ1) is 11.0. The second kappa shape index (κ2) is 7.47. The molecule has 1 N–H and O–H groups in total. The van der Waals surface area contributed by atoms with E-state index in [1.165, 1.54) is 25.3 Å². The predicted octanol–water partition coefficient (Wildman–Crippen LogP) is 3.38. The number of amides is 1. The molecule has 0 aliphatic carbocycles. The van der Waals surface area contributed by atoms with Crippen molar-refractivity contribution in [3.8, 4) is 17.6 Å². The zero-order valence-electron chi connectivity index (χ0n) is 12.1. The molecule has 7 heteroatoms. The summed E-state index contributed by atoms with van der Waals surface area (Å²) in [4.78, 5) is 11.8. The maximum atomic E-state index is 13.0. The van der Waals surface area contributed by atoms with Crippen LogP contribution < -0.4 is 14.8 Å². The summed E-state index contributed by atoms with van der Waals surface area (Å²) in [5, 5.41) is 11.3. The Labute approximate surface area is 137 Å². The first-order valence-corrected chi connectivity index (χ1v) is 6.87. The Morgan fingerprint density at radius 3 is 2.74 bits per heavy atom. The maximum Gasteiger partial charge on any atom is 0.262 e. The molecule has 0 saturated heterocycles. The number of hydrogen-bond acceptors (Lipinski definition) is 4. The number of carbonyl (C=O) groups is 1. The van der Waals surface area contributed by atoms with Crippen LogP contribution >= 0.6 is 11.6 Å². The molecule has 0 unspecified atom stereocenters. The van der Waals surface area contributed by atoms with E-state index in [1.807, 2.05) is 6.07 Å². The second-order valence-electron chi connectivity index (χ2n) is 4.44. The molecule has 2 aromatic rings. The standard InChI is InChI=1S/C16H12ClFN2O3/c1-22-15-6-10(8-19)2-5-14(15)23-9-16(21)20-11-3-4-13(18)12(17)7-11/h2-7H,9H2,1H3,(H,20,21). The highest BCUT2D eigenvalue weighted by atomic mass is 35.5. The van der Waals surface area contributed by atoms with Gasteiger partial charge in [0.15, 0.2) is 18.1 Å². The van der Waals surface area contributed by atoms with E-state index in [2.05, 4.69) is 5.32 Å². The minimum Gasteiger partial charge on any atom is -0.493 e. The van der Waals surface area contributed by atoms with E-state index in [0.717, 1.165) is 6.07 Å². The average molecular weight is 335 g/mol. The highest BCUT2D eigenvalue weighted by molar-refractivity contribution is 6.31. The number of rotatable bonds is 5. The number of carbonyl (C=O) groups excluding carboxylic acids is 1. The number of nitriles is 1. The maximum absolute atomic E-state index is 13.0. The number of halogens is 2. The Morgan fingerprint density at radius 1 is 1.30 bits per heavy atom. The lowest BCUT2D eigenvalue weighted by Crippen LogP contribution is -2.20. The fourth-order valence-electron chi connectivity index (χ4n) is 1.77. The number of nitrogens with one attached hydrogen (secondary N) is 1. The van der Waals surface area contributed by atoms with Gasteiger partial charge in [-0.1, -0.05) is 11.6 Å². The van der Waals surface area contributed by atoms with Crippen LogP contribution in [0.4, 0.5) is 10.1 Å². The topological polar surface area (TPSA) is 71.3 Å². The fraction of sp³-hybridized carbons (Fsp3) is 0.125. The van der Waals surface area contributed by atoms with Crippen molar-refractivity contribution in [2.75, 3.05) is 19.0 Å². The molecule has 1 amide bonds. The number of anilines is 1. The summed E-state index contributed by atoms with van der Waals surface area (Å²) in [6, 6.07) is 10.4. The molecule has 0 radical (unpaired) electrons. The van der Waals surface area contributed by atoms with Crippen molar-refractivity contribution in [1.82, 2.24) is 0 Å². The molecule has 0 fully saturated rings. The molecule has 0 aliphatic heterocycles. The largest absolute Gasteiger partial charge is 0.493 e. The molecule has 0 saturated carbocycles. The van der Waals surface area contributed by atoms with Gasteiger partial charge in [0.25, 0.3) is 5.91 Å². The molecular weight excluding hydrogens is 323 g/mol. The zero-order valence-corrected chi connectivity index (χ0v) is 12.9. The van der Waals surface area contributed by atoms with Gasteiger partial charge in [0, 0.05) is 11.8 Å². The molecule has 23 heavy (non-hydrogen) atoms. The highest BCUT2D eigenvalue weighted by Gasteiger charge is 2.10. The van der Waals surface area contributed by atoms with Crippen LogP contribution in [0.5, 0.6) is 11.5 Å². The summed E-state index contributed by atoms with van der Waals surface area (Å²) in [5.41, 5.74) is 0.774. The van der Waals surface area contributed by atoms with Gasteiger partial charge in [0.1, 0.15) is 5.82 Å². The Bertz CT molecular complexity index is 774. The minimum absolute atomic E-state index is 0.0857. The van der Waals surface area contributed by atoms with E-state index < -0.39 is 11.7 Å².